The number of hydrogen-bond acceptors (Lipinski definition) is 6. The topological polar surface area (TPSA) is 116 Å². The van der Waals surface area contributed by atoms with Gasteiger partial charge >= 0.3 is 0 Å². The standard InChI is InChI=1S/C16H21N7O2/c1-2-19-16(25)14-5-11(8-23(14)9-12-6-18-10-21-12)22-15(24)13-7-17-3-4-20-13/h3-4,6-7,10-11,14H,2,5,8-9H2,1H3,(H,18,21)(H,19,25)(H,22,24)/t11-,14-/m0/s1. The van der Waals surface area contributed by atoms with E-state index >= 15 is 0 Å². The van der Waals surface area contributed by atoms with Crippen LogP contribution in [0.15, 0.2) is 31.1 Å². The highest BCUT2D eigenvalue weighted by Gasteiger charge is 2.37. The summed E-state index contributed by atoms with van der Waals surface area (Å²) in [6.07, 6.45) is 8.31. The molecule has 132 valence electrons. The third kappa shape index (κ3) is 4.18. The Morgan fingerprint density at radius 2 is 2.20 bits per heavy atom. The molecule has 2 amide bonds. The van der Waals surface area contributed by atoms with E-state index in [4.69, 9.17) is 0 Å². The molecular weight excluding hydrogens is 322 g/mol. The van der Waals surface area contributed by atoms with Crippen LogP contribution in [0.5, 0.6) is 0 Å². The molecular formula is C16H21N7O2. The number of aromatic nitrogens is 4. The fraction of sp³-hybridized carbons (Fsp3) is 0.438. The quantitative estimate of drug-likeness (QED) is 0.664. The minimum absolute atomic E-state index is 0.0294. The number of carbonyl (C=O) groups is 2. The van der Waals surface area contributed by atoms with Gasteiger partial charge in [0.1, 0.15) is 5.69 Å². The zero-order valence-electron chi connectivity index (χ0n) is 14.0. The van der Waals surface area contributed by atoms with Crippen molar-refractivity contribution in [2.45, 2.75) is 32.0 Å². The van der Waals surface area contributed by atoms with Crippen LogP contribution in [0.2, 0.25) is 0 Å². The van der Waals surface area contributed by atoms with E-state index in [-0.39, 0.29) is 29.6 Å². The van der Waals surface area contributed by atoms with Gasteiger partial charge in [0.15, 0.2) is 0 Å². The van der Waals surface area contributed by atoms with E-state index in [0.29, 0.717) is 26.1 Å². The Balaban J connectivity index is 1.67. The molecule has 1 saturated heterocycles. The molecule has 1 fully saturated rings. The first-order valence-electron chi connectivity index (χ1n) is 8.23. The van der Waals surface area contributed by atoms with Crippen LogP contribution in [0, 0.1) is 0 Å². The van der Waals surface area contributed by atoms with E-state index in [1.165, 1.54) is 18.6 Å². The van der Waals surface area contributed by atoms with Gasteiger partial charge in [-0.1, -0.05) is 0 Å². The Bertz CT molecular complexity index is 705. The Labute approximate surface area is 145 Å². The van der Waals surface area contributed by atoms with Gasteiger partial charge < -0.3 is 15.6 Å². The third-order valence-corrected chi connectivity index (χ3v) is 4.12. The molecule has 0 aromatic carbocycles. The first-order valence-corrected chi connectivity index (χ1v) is 8.23. The molecule has 0 aliphatic carbocycles. The number of rotatable bonds is 6. The SMILES string of the molecule is CCNC(=O)[C@@H]1C[C@H](NC(=O)c2cnccn2)CN1Cc1cnc[nH]1. The van der Waals surface area contributed by atoms with Crippen LogP contribution >= 0.6 is 0 Å². The largest absolute Gasteiger partial charge is 0.355 e. The second-order valence-corrected chi connectivity index (χ2v) is 5.91. The normalized spacial score (nSPS) is 20.4. The number of likely N-dealkylation sites (tertiary alicyclic amines) is 1. The molecule has 0 unspecified atom stereocenters. The summed E-state index contributed by atoms with van der Waals surface area (Å²) in [5, 5.41) is 5.80. The lowest BCUT2D eigenvalue weighted by molar-refractivity contribution is -0.125. The van der Waals surface area contributed by atoms with Crippen molar-refractivity contribution in [2.24, 2.45) is 0 Å². The second kappa shape index (κ2) is 7.84. The number of H-pyrrole nitrogens is 1. The summed E-state index contributed by atoms with van der Waals surface area (Å²) in [5.41, 5.74) is 1.19. The van der Waals surface area contributed by atoms with Crippen LogP contribution in [-0.2, 0) is 11.3 Å². The first-order chi connectivity index (χ1) is 12.2. The van der Waals surface area contributed by atoms with E-state index in [0.717, 1.165) is 5.69 Å². The van der Waals surface area contributed by atoms with Gasteiger partial charge in [0, 0.05) is 50.0 Å². The molecule has 2 aromatic heterocycles. The van der Waals surface area contributed by atoms with Crippen molar-refractivity contribution in [3.63, 3.8) is 0 Å². The molecule has 3 rings (SSSR count). The van der Waals surface area contributed by atoms with Gasteiger partial charge in [-0.3, -0.25) is 19.5 Å². The summed E-state index contributed by atoms with van der Waals surface area (Å²) >= 11 is 0. The minimum Gasteiger partial charge on any atom is -0.355 e. The molecule has 0 saturated carbocycles. The van der Waals surface area contributed by atoms with Crippen LogP contribution in [-0.4, -0.2) is 61.8 Å². The van der Waals surface area contributed by atoms with Gasteiger partial charge in [-0.25, -0.2) is 9.97 Å². The molecule has 25 heavy (non-hydrogen) atoms. The van der Waals surface area contributed by atoms with Crippen LogP contribution in [0.1, 0.15) is 29.5 Å². The molecule has 1 aliphatic rings. The summed E-state index contributed by atoms with van der Waals surface area (Å²) in [4.78, 5) is 41.7. The lowest BCUT2D eigenvalue weighted by atomic mass is 10.1. The Hall–Kier alpha value is -2.81. The maximum atomic E-state index is 12.4. The predicted octanol–water partition coefficient (Wildman–Crippen LogP) is -0.291. The average Bonchev–Trinajstić information content (AvgIpc) is 3.26. The van der Waals surface area contributed by atoms with Crippen molar-refractivity contribution in [2.75, 3.05) is 13.1 Å². The molecule has 3 heterocycles. The van der Waals surface area contributed by atoms with Crippen LogP contribution in [0.4, 0.5) is 0 Å². The van der Waals surface area contributed by atoms with E-state index in [1.54, 1.807) is 12.5 Å². The van der Waals surface area contributed by atoms with Gasteiger partial charge in [-0.05, 0) is 13.3 Å². The first kappa shape index (κ1) is 17.0. The highest BCUT2D eigenvalue weighted by atomic mass is 16.2. The smallest absolute Gasteiger partial charge is 0.271 e. The minimum atomic E-state index is -0.296. The van der Waals surface area contributed by atoms with Crippen LogP contribution in [0.3, 0.4) is 0 Å². The van der Waals surface area contributed by atoms with E-state index in [2.05, 4.69) is 30.6 Å². The lowest BCUT2D eigenvalue weighted by Crippen LogP contribution is -2.42. The molecule has 9 heteroatoms. The summed E-state index contributed by atoms with van der Waals surface area (Å²) in [5.74, 6) is -0.311. The number of hydrogen-bond donors (Lipinski definition) is 3. The van der Waals surface area contributed by atoms with Gasteiger partial charge in [-0.15, -0.1) is 0 Å². The number of imidazole rings is 1. The maximum Gasteiger partial charge on any atom is 0.271 e. The summed E-state index contributed by atoms with van der Waals surface area (Å²) in [7, 11) is 0. The molecule has 2 aromatic rings. The van der Waals surface area contributed by atoms with Crippen molar-refractivity contribution < 1.29 is 9.59 Å². The zero-order chi connectivity index (χ0) is 17.6. The Morgan fingerprint density at radius 3 is 2.88 bits per heavy atom. The van der Waals surface area contributed by atoms with Crippen molar-refractivity contribution in [3.8, 4) is 0 Å². The van der Waals surface area contributed by atoms with Gasteiger partial charge in [0.05, 0.1) is 18.6 Å². The molecule has 1 aliphatic heterocycles. The molecule has 2 atom stereocenters. The van der Waals surface area contributed by atoms with E-state index in [9.17, 15) is 9.59 Å². The predicted molar refractivity (Wildman–Crippen MR) is 89.4 cm³/mol. The average molecular weight is 343 g/mol. The zero-order valence-corrected chi connectivity index (χ0v) is 14.0. The van der Waals surface area contributed by atoms with Crippen molar-refractivity contribution in [1.82, 2.24) is 35.5 Å². The third-order valence-electron chi connectivity index (χ3n) is 4.12. The van der Waals surface area contributed by atoms with Crippen molar-refractivity contribution >= 4 is 11.8 Å². The Morgan fingerprint density at radius 1 is 1.32 bits per heavy atom. The second-order valence-electron chi connectivity index (χ2n) is 5.91. The fourth-order valence-corrected chi connectivity index (χ4v) is 3.01. The molecule has 0 spiro atoms. The summed E-state index contributed by atoms with van der Waals surface area (Å²) < 4.78 is 0. The number of aromatic amines is 1. The lowest BCUT2D eigenvalue weighted by Gasteiger charge is -2.22. The van der Waals surface area contributed by atoms with Crippen LogP contribution < -0.4 is 10.6 Å². The van der Waals surface area contributed by atoms with E-state index < -0.39 is 0 Å². The van der Waals surface area contributed by atoms with E-state index in [1.807, 2.05) is 11.8 Å². The monoisotopic (exact) mass is 343 g/mol. The maximum absolute atomic E-state index is 12.4. The number of nitrogens with one attached hydrogen (secondary N) is 3. The number of carbonyl (C=O) groups excluding carboxylic acids is 2. The summed E-state index contributed by atoms with van der Waals surface area (Å²) in [6.45, 7) is 3.61. The number of nitrogens with zero attached hydrogens (tertiary/aromatic N) is 4. The van der Waals surface area contributed by atoms with Gasteiger partial charge in [-0.2, -0.15) is 0 Å². The van der Waals surface area contributed by atoms with Crippen LogP contribution in [0.25, 0.3) is 0 Å². The number of likely N-dealkylation sites (N-methyl/N-ethyl adjacent to an activating group) is 1. The molecule has 3 N–H and O–H groups in total. The fourth-order valence-electron chi connectivity index (χ4n) is 3.01. The summed E-state index contributed by atoms with van der Waals surface area (Å²) in [6, 6.07) is -0.430. The Kier molecular flexibility index (Phi) is 5.34. The molecule has 9 nitrogen and oxygen atoms in total. The highest BCUT2D eigenvalue weighted by molar-refractivity contribution is 5.92. The van der Waals surface area contributed by atoms with Crippen molar-refractivity contribution in [3.05, 3.63) is 42.5 Å². The highest BCUT2D eigenvalue weighted by Crippen LogP contribution is 2.20. The molecule has 0 radical (unpaired) electrons. The molecule has 0 bridgehead atoms. The number of amides is 2. The van der Waals surface area contributed by atoms with Gasteiger partial charge in [0.25, 0.3) is 5.91 Å². The van der Waals surface area contributed by atoms with Crippen molar-refractivity contribution in [1.29, 1.82) is 0 Å². The van der Waals surface area contributed by atoms with Gasteiger partial charge in [0.2, 0.25) is 5.91 Å².